The van der Waals surface area contributed by atoms with Gasteiger partial charge in [-0.15, -0.1) is 10.2 Å². The largest absolute Gasteiger partial charge is 0.416 e. The van der Waals surface area contributed by atoms with Crippen LogP contribution in [0, 0.1) is 0 Å². The normalized spacial score (nSPS) is 12.5. The summed E-state index contributed by atoms with van der Waals surface area (Å²) in [5, 5.41) is 19.7. The van der Waals surface area contributed by atoms with Gasteiger partial charge in [0.1, 0.15) is 6.54 Å². The van der Waals surface area contributed by atoms with Crippen LogP contribution in [-0.2, 0) is 17.9 Å². The fourth-order valence-electron chi connectivity index (χ4n) is 3.51. The number of amides is 1. The molecule has 0 spiro atoms. The van der Waals surface area contributed by atoms with Crippen LogP contribution in [0.25, 0.3) is 17.1 Å². The van der Waals surface area contributed by atoms with Gasteiger partial charge < -0.3 is 5.11 Å². The van der Waals surface area contributed by atoms with Crippen molar-refractivity contribution in [3.05, 3.63) is 80.7 Å². The van der Waals surface area contributed by atoms with E-state index in [1.807, 2.05) is 0 Å². The molecule has 39 heavy (non-hydrogen) atoms. The van der Waals surface area contributed by atoms with E-state index in [0.717, 1.165) is 14.4 Å². The minimum absolute atomic E-state index is 0.0754. The van der Waals surface area contributed by atoms with Gasteiger partial charge in [0, 0.05) is 17.6 Å². The van der Waals surface area contributed by atoms with Gasteiger partial charge in [-0.2, -0.15) is 13.2 Å². The van der Waals surface area contributed by atoms with Crippen LogP contribution in [0.4, 0.5) is 13.2 Å². The lowest BCUT2D eigenvalue weighted by molar-refractivity contribution is -0.207. The Morgan fingerprint density at radius 3 is 2.41 bits per heavy atom. The van der Waals surface area contributed by atoms with Gasteiger partial charge in [-0.25, -0.2) is 24.2 Å². The molecular weight excluding hydrogens is 566 g/mol. The number of hydrogen-bond donors (Lipinski definition) is 1. The molecule has 4 rings (SSSR count). The Bertz CT molecular complexity index is 1550. The topological polar surface area (TPSA) is 120 Å². The van der Waals surface area contributed by atoms with Crippen molar-refractivity contribution in [3.63, 3.8) is 0 Å². The van der Waals surface area contributed by atoms with Crippen molar-refractivity contribution in [3.8, 4) is 17.1 Å². The summed E-state index contributed by atoms with van der Waals surface area (Å²) < 4.78 is 42.1. The Hall–Kier alpha value is -3.72. The first-order valence-corrected chi connectivity index (χ1v) is 11.9. The molecule has 11 nitrogen and oxygen atoms in total. The molecule has 0 saturated carbocycles. The Morgan fingerprint density at radius 1 is 1.13 bits per heavy atom. The second kappa shape index (κ2) is 11.2. The summed E-state index contributed by atoms with van der Waals surface area (Å²) in [5.74, 6) is -1.13. The van der Waals surface area contributed by atoms with Gasteiger partial charge in [-0.1, -0.05) is 35.3 Å². The van der Waals surface area contributed by atoms with Gasteiger partial charge in [0.15, 0.2) is 17.8 Å². The van der Waals surface area contributed by atoms with Crippen LogP contribution in [0.2, 0.25) is 10.0 Å². The van der Waals surface area contributed by atoms with Gasteiger partial charge >= 0.3 is 17.8 Å². The van der Waals surface area contributed by atoms with Crippen molar-refractivity contribution >= 4 is 29.1 Å². The minimum atomic E-state index is -4.98. The number of alkyl halides is 3. The lowest BCUT2D eigenvalue weighted by Gasteiger charge is -2.15. The molecule has 16 heteroatoms. The Kier molecular flexibility index (Phi) is 8.11. The Morgan fingerprint density at radius 2 is 1.79 bits per heavy atom. The maximum atomic E-state index is 13.2. The lowest BCUT2D eigenvalue weighted by atomic mass is 10.2. The average molecular weight is 586 g/mol. The monoisotopic (exact) mass is 585 g/mol. The third-order valence-electron chi connectivity index (χ3n) is 5.53. The van der Waals surface area contributed by atoms with Gasteiger partial charge in [0.05, 0.1) is 24.4 Å². The summed E-state index contributed by atoms with van der Waals surface area (Å²) in [4.78, 5) is 35.3. The predicted molar refractivity (Wildman–Crippen MR) is 134 cm³/mol. The van der Waals surface area contributed by atoms with Gasteiger partial charge in [-0.05, 0) is 36.4 Å². The molecule has 0 radical (unpaired) electrons. The number of halogens is 5. The maximum absolute atomic E-state index is 13.2. The molecule has 1 amide bonds. The number of aromatic nitrogens is 6. The third kappa shape index (κ3) is 5.98. The van der Waals surface area contributed by atoms with E-state index < -0.39 is 37.0 Å². The number of aliphatic hydroxyl groups is 1. The summed E-state index contributed by atoms with van der Waals surface area (Å²) in [5.41, 5.74) is -0.394. The second-order valence-corrected chi connectivity index (χ2v) is 8.98. The molecule has 0 aliphatic carbocycles. The number of rotatable bonds is 8. The average Bonchev–Trinajstić information content (AvgIpc) is 3.44. The maximum Gasteiger partial charge on any atom is 0.416 e. The Balaban J connectivity index is 1.81. The quantitative estimate of drug-likeness (QED) is 0.315. The first-order chi connectivity index (χ1) is 18.4. The summed E-state index contributed by atoms with van der Waals surface area (Å²) in [7, 11) is 2.62. The molecule has 1 atom stereocenters. The molecule has 4 aromatic rings. The number of nitrogens with zero attached hydrogens (tertiary/aromatic N) is 7. The van der Waals surface area contributed by atoms with E-state index in [2.05, 4.69) is 15.2 Å². The van der Waals surface area contributed by atoms with Crippen molar-refractivity contribution in [1.82, 2.24) is 34.2 Å². The fraction of sp³-hybridized carbons (Fsp3) is 0.261. The van der Waals surface area contributed by atoms with Crippen molar-refractivity contribution in [2.45, 2.75) is 25.4 Å². The van der Waals surface area contributed by atoms with E-state index in [4.69, 9.17) is 28.0 Å². The standard InChI is InChI=1S/C23H20Cl2F3N7O4/c1-32(39-2)21(37)20-29-18(30-35(20)16-6-4-3-5-15(16)25)12-34-22(38)33(11-17(36)23(26,27)28)19(31-34)13-7-9-14(24)10-8-13/h3-10,17,36H,11-12H2,1-2H3. The van der Waals surface area contributed by atoms with Gasteiger partial charge in [0.25, 0.3) is 0 Å². The number of carbonyl (C=O) groups is 1. The van der Waals surface area contributed by atoms with Crippen molar-refractivity contribution in [1.29, 1.82) is 0 Å². The highest BCUT2D eigenvalue weighted by Crippen LogP contribution is 2.25. The van der Waals surface area contributed by atoms with Gasteiger partial charge in [0.2, 0.25) is 5.82 Å². The number of benzene rings is 2. The molecule has 0 bridgehead atoms. The zero-order valence-electron chi connectivity index (χ0n) is 20.3. The molecule has 206 valence electrons. The SMILES string of the molecule is CON(C)C(=O)c1nc(Cn2nc(-c3ccc(Cl)cc3)n(CC(O)C(F)(F)F)c2=O)nn1-c1ccccc1Cl. The van der Waals surface area contributed by atoms with Crippen LogP contribution in [-0.4, -0.2) is 71.6 Å². The number of hydrogen-bond acceptors (Lipinski definition) is 7. The highest BCUT2D eigenvalue weighted by atomic mass is 35.5. The molecule has 0 fully saturated rings. The highest BCUT2D eigenvalue weighted by molar-refractivity contribution is 6.32. The number of hydroxylamine groups is 2. The lowest BCUT2D eigenvalue weighted by Crippen LogP contribution is -2.37. The molecule has 0 aliphatic rings. The zero-order chi connectivity index (χ0) is 28.5. The molecule has 0 saturated heterocycles. The van der Waals surface area contributed by atoms with Crippen molar-refractivity contribution in [2.24, 2.45) is 0 Å². The Labute approximate surface area is 228 Å². The summed E-state index contributed by atoms with van der Waals surface area (Å²) in [6, 6.07) is 12.4. The highest BCUT2D eigenvalue weighted by Gasteiger charge is 2.39. The van der Waals surface area contributed by atoms with Crippen LogP contribution in [0.1, 0.15) is 16.4 Å². The van der Waals surface area contributed by atoms with Crippen molar-refractivity contribution in [2.75, 3.05) is 14.2 Å². The summed E-state index contributed by atoms with van der Waals surface area (Å²) in [6.07, 6.45) is -7.80. The molecule has 0 aliphatic heterocycles. The number of aliphatic hydroxyl groups excluding tert-OH is 1. The summed E-state index contributed by atoms with van der Waals surface area (Å²) in [6.45, 7) is -1.53. The smallest absolute Gasteiger partial charge is 0.382 e. The molecule has 1 N–H and O–H groups in total. The first-order valence-electron chi connectivity index (χ1n) is 11.1. The van der Waals surface area contributed by atoms with E-state index in [0.29, 0.717) is 15.3 Å². The van der Waals surface area contributed by atoms with Crippen LogP contribution in [0.15, 0.2) is 53.3 Å². The minimum Gasteiger partial charge on any atom is -0.382 e. The molecule has 2 heterocycles. The van der Waals surface area contributed by atoms with Crippen LogP contribution in [0.3, 0.4) is 0 Å². The van der Waals surface area contributed by atoms with E-state index in [1.54, 1.807) is 24.3 Å². The van der Waals surface area contributed by atoms with E-state index in [1.165, 1.54) is 38.4 Å². The fourth-order valence-corrected chi connectivity index (χ4v) is 3.85. The second-order valence-electron chi connectivity index (χ2n) is 8.14. The van der Waals surface area contributed by atoms with Crippen molar-refractivity contribution < 1.29 is 27.9 Å². The zero-order valence-corrected chi connectivity index (χ0v) is 21.8. The molecule has 2 aromatic heterocycles. The van der Waals surface area contributed by atoms with Crippen LogP contribution in [0.5, 0.6) is 0 Å². The van der Waals surface area contributed by atoms with Crippen LogP contribution < -0.4 is 5.69 Å². The third-order valence-corrected chi connectivity index (χ3v) is 6.10. The van der Waals surface area contributed by atoms with Gasteiger partial charge in [-0.3, -0.25) is 14.2 Å². The van der Waals surface area contributed by atoms with Crippen LogP contribution >= 0.6 is 23.2 Å². The van der Waals surface area contributed by atoms with E-state index in [9.17, 15) is 27.9 Å². The first kappa shape index (κ1) is 28.3. The molecule has 2 aromatic carbocycles. The summed E-state index contributed by atoms with van der Waals surface area (Å²) >= 11 is 12.2. The molecular formula is C23H20Cl2F3N7O4. The molecule has 1 unspecified atom stereocenters. The number of carbonyl (C=O) groups excluding carboxylic acids is 1. The number of para-hydroxylation sites is 1. The van der Waals surface area contributed by atoms with E-state index >= 15 is 0 Å². The van der Waals surface area contributed by atoms with E-state index in [-0.39, 0.29) is 28.1 Å². The predicted octanol–water partition coefficient (Wildman–Crippen LogP) is 3.20.